The largest absolute Gasteiger partial charge is 0.493 e. The Balaban J connectivity index is 0.000000214. The maximum Gasteiger partial charge on any atom is 0.257 e. The number of fused-ring (bicyclic) bond motifs is 2. The van der Waals surface area contributed by atoms with Gasteiger partial charge in [0.1, 0.15) is 19.7 Å². The smallest absolute Gasteiger partial charge is 0.257 e. The van der Waals surface area contributed by atoms with Crippen molar-refractivity contribution in [2.75, 3.05) is 62.1 Å². The van der Waals surface area contributed by atoms with Crippen LogP contribution in [0, 0.1) is 11.8 Å². The lowest BCUT2D eigenvalue weighted by Gasteiger charge is -2.28. The van der Waals surface area contributed by atoms with Crippen molar-refractivity contribution in [1.29, 1.82) is 0 Å². The van der Waals surface area contributed by atoms with Gasteiger partial charge in [-0.3, -0.25) is 19.2 Å². The van der Waals surface area contributed by atoms with Crippen molar-refractivity contribution in [3.8, 4) is 23.0 Å². The highest BCUT2D eigenvalue weighted by Crippen LogP contribution is 2.41. The highest BCUT2D eigenvalue weighted by molar-refractivity contribution is 7.90. The fraction of sp³-hybridized carbons (Fsp3) is 0.417. The van der Waals surface area contributed by atoms with E-state index in [1.165, 1.54) is 14.2 Å². The summed E-state index contributed by atoms with van der Waals surface area (Å²) in [6, 6.07) is 5.49. The lowest BCUT2D eigenvalue weighted by Crippen LogP contribution is -2.34. The Bertz CT molecular complexity index is 3100. The Morgan fingerprint density at radius 2 is 1.23 bits per heavy atom. The molecule has 2 fully saturated rings. The summed E-state index contributed by atoms with van der Waals surface area (Å²) < 4.78 is 122. The van der Waals surface area contributed by atoms with Gasteiger partial charge >= 0.3 is 0 Å². The summed E-state index contributed by atoms with van der Waals surface area (Å²) in [6.45, 7) is 3.85. The summed E-state index contributed by atoms with van der Waals surface area (Å²) in [4.78, 5) is 54.9. The number of carbonyl (C=O) groups is 4. The topological polar surface area (TPSA) is 204 Å². The van der Waals surface area contributed by atoms with Gasteiger partial charge in [-0.05, 0) is 98.1 Å². The van der Waals surface area contributed by atoms with Crippen LogP contribution in [-0.2, 0) is 42.4 Å². The van der Waals surface area contributed by atoms with Crippen LogP contribution in [0.2, 0.25) is 0 Å². The maximum absolute atomic E-state index is 13.9. The summed E-state index contributed by atoms with van der Waals surface area (Å²) in [5, 5.41) is 5.44. The molecule has 66 heavy (non-hydrogen) atoms. The van der Waals surface area contributed by atoms with Gasteiger partial charge in [-0.25, -0.2) is 16.8 Å². The maximum atomic E-state index is 13.9. The second kappa shape index (κ2) is 19.8. The second-order valence-corrected chi connectivity index (χ2v) is 20.8. The Hall–Kier alpha value is -6.14. The summed E-state index contributed by atoms with van der Waals surface area (Å²) in [6.07, 6.45) is 5.10. The van der Waals surface area contributed by atoms with Crippen LogP contribution in [0.5, 0.6) is 23.0 Å². The van der Waals surface area contributed by atoms with Gasteiger partial charge in [-0.2, -0.15) is 0 Å². The third-order valence-corrected chi connectivity index (χ3v) is 13.1. The normalized spacial score (nSPS) is 17.6. The van der Waals surface area contributed by atoms with Crippen molar-refractivity contribution in [3.63, 3.8) is 0 Å². The molecule has 352 valence electrons. The first-order valence-corrected chi connectivity index (χ1v) is 25.5. The number of ether oxygens (including phenoxy) is 4. The zero-order valence-corrected chi connectivity index (χ0v) is 39.1. The van der Waals surface area contributed by atoms with Gasteiger partial charge in [0, 0.05) is 37.4 Å². The lowest BCUT2D eigenvalue weighted by atomic mass is 10.1. The van der Waals surface area contributed by atoms with E-state index in [9.17, 15) is 36.0 Å². The Morgan fingerprint density at radius 1 is 0.682 bits per heavy atom. The van der Waals surface area contributed by atoms with Crippen LogP contribution < -0.4 is 29.6 Å². The number of benzene rings is 4. The molecule has 0 radical (unpaired) electrons. The molecule has 4 amide bonds. The van der Waals surface area contributed by atoms with E-state index >= 15 is 0 Å². The molecule has 2 heterocycles. The molecule has 4 aromatic carbocycles. The van der Waals surface area contributed by atoms with E-state index < -0.39 is 85.6 Å². The van der Waals surface area contributed by atoms with Crippen LogP contribution >= 0.6 is 0 Å². The van der Waals surface area contributed by atoms with Gasteiger partial charge in [0.15, 0.2) is 23.0 Å². The van der Waals surface area contributed by atoms with Crippen molar-refractivity contribution >= 4 is 54.7 Å². The van der Waals surface area contributed by atoms with Crippen molar-refractivity contribution in [2.45, 2.75) is 64.7 Å². The highest BCUT2D eigenvalue weighted by atomic mass is 32.2. The molecule has 8 rings (SSSR count). The number of amides is 4. The second-order valence-electron chi connectivity index (χ2n) is 16.5. The predicted molar refractivity (Wildman–Crippen MR) is 249 cm³/mol. The number of rotatable bonds is 18. The Morgan fingerprint density at radius 3 is 1.79 bits per heavy atom. The van der Waals surface area contributed by atoms with Crippen LogP contribution in [0.15, 0.2) is 72.7 Å². The fourth-order valence-corrected chi connectivity index (χ4v) is 9.67. The van der Waals surface area contributed by atoms with Crippen LogP contribution in [0.3, 0.4) is 0 Å². The van der Waals surface area contributed by atoms with Gasteiger partial charge in [-0.15, -0.1) is 0 Å². The number of sulfone groups is 2. The average Bonchev–Trinajstić information content (AvgIpc) is 4.27. The third-order valence-electron chi connectivity index (χ3n) is 11.3. The minimum Gasteiger partial charge on any atom is -0.493 e. The minimum atomic E-state index is -3.85. The van der Waals surface area contributed by atoms with Crippen molar-refractivity contribution in [2.24, 2.45) is 11.8 Å². The van der Waals surface area contributed by atoms with Crippen LogP contribution in [0.4, 0.5) is 11.4 Å². The van der Waals surface area contributed by atoms with Crippen molar-refractivity contribution < 1.29 is 63.2 Å². The SMILES string of the molecule is CCOc1cc([C@@H](CS(C)(=O)=O)N2Cc3cccc(NC(=O)C4CC4)c3C2=O)ccc1OC.[2H]c1c([2H])c2c(c(NC(=O)C3CC3)c1[2H])C(=O)N([C@H](CS(C)(=O)=O)c1c([2H])c([2H])c(OC)c(OCC)c1[2H])C2. The molecule has 16 nitrogen and oxygen atoms in total. The number of hydrogen-bond acceptors (Lipinski definition) is 12. The summed E-state index contributed by atoms with van der Waals surface area (Å²) in [5.74, 6) is -2.23. The van der Waals surface area contributed by atoms with E-state index in [0.717, 1.165) is 35.8 Å². The first kappa shape index (κ1) is 40.2. The zero-order valence-electron chi connectivity index (χ0n) is 43.5. The van der Waals surface area contributed by atoms with Crippen LogP contribution in [-0.4, -0.2) is 102 Å². The van der Waals surface area contributed by atoms with Crippen molar-refractivity contribution in [1.82, 2.24) is 9.80 Å². The highest BCUT2D eigenvalue weighted by Gasteiger charge is 2.40. The molecule has 0 aromatic heterocycles. The predicted octanol–water partition coefficient (Wildman–Crippen LogP) is 6.37. The zero-order chi connectivity index (χ0) is 52.7. The first-order valence-electron chi connectivity index (χ1n) is 24.4. The molecule has 4 aliphatic rings. The molecule has 0 spiro atoms. The molecule has 0 bridgehead atoms. The van der Waals surface area contributed by atoms with E-state index in [0.29, 0.717) is 47.8 Å². The molecule has 0 saturated heterocycles. The fourth-order valence-electron chi connectivity index (χ4n) is 7.81. The Labute approximate surface area is 394 Å². The summed E-state index contributed by atoms with van der Waals surface area (Å²) in [7, 11) is -4.50. The van der Waals surface area contributed by atoms with Gasteiger partial charge in [-0.1, -0.05) is 36.3 Å². The van der Waals surface area contributed by atoms with Gasteiger partial charge in [0.05, 0.1) is 81.7 Å². The number of anilines is 2. The van der Waals surface area contributed by atoms with Gasteiger partial charge in [0.25, 0.3) is 11.8 Å². The van der Waals surface area contributed by atoms with Gasteiger partial charge < -0.3 is 39.4 Å². The summed E-state index contributed by atoms with van der Waals surface area (Å²) in [5.41, 5.74) is 1.62. The Kier molecular flexibility index (Phi) is 12.0. The quantitative estimate of drug-likeness (QED) is 0.112. The number of carbonyl (C=O) groups excluding carboxylic acids is 4. The number of nitrogens with one attached hydrogen (secondary N) is 2. The molecule has 2 aliphatic carbocycles. The lowest BCUT2D eigenvalue weighted by molar-refractivity contribution is -0.118. The molecule has 2 N–H and O–H groups in total. The summed E-state index contributed by atoms with van der Waals surface area (Å²) >= 11 is 0. The van der Waals surface area contributed by atoms with Crippen molar-refractivity contribution in [3.05, 3.63) is 106 Å². The molecule has 2 saturated carbocycles. The molecule has 2 aliphatic heterocycles. The molecule has 0 unspecified atom stereocenters. The minimum absolute atomic E-state index is 0.00253. The van der Waals surface area contributed by atoms with Crippen LogP contribution in [0.1, 0.15) is 103 Å². The number of methoxy groups -OCH3 is 2. The number of hydrogen-bond donors (Lipinski definition) is 2. The van der Waals surface area contributed by atoms with E-state index in [4.69, 9.17) is 27.2 Å². The number of nitrogens with zero attached hydrogens (tertiary/aromatic N) is 2. The third kappa shape index (κ3) is 11.1. The standard InChI is InChI=1S/2C24H28N2O6S/c2*1-4-32-21-12-16(10-11-20(21)31-2)19(14-33(3,29)30)26-13-17-6-5-7-18(22(17)24(26)28)25-23(27)15-8-9-15/h2*5-7,10-12,15,19H,4,8-9,13-14H2,1-3H3,(H,25,27)/t2*19-/m11/s1/i5D,6D,7D,10D,11D,12D;. The van der Waals surface area contributed by atoms with E-state index in [-0.39, 0.29) is 83.0 Å². The van der Waals surface area contributed by atoms with E-state index in [2.05, 4.69) is 10.6 Å². The van der Waals surface area contributed by atoms with E-state index in [1.54, 1.807) is 42.2 Å². The molecule has 4 aromatic rings. The monoisotopic (exact) mass is 950 g/mol. The molecular formula is C48H56N4O12S2. The van der Waals surface area contributed by atoms with E-state index in [1.807, 2.05) is 13.0 Å². The average molecular weight is 951 g/mol. The first-order chi connectivity index (χ1) is 33.9. The molecule has 18 heteroatoms. The van der Waals surface area contributed by atoms with Gasteiger partial charge in [0.2, 0.25) is 11.8 Å². The molecule has 2 atom stereocenters. The molecular weight excluding hydrogens is 889 g/mol. The van der Waals surface area contributed by atoms with Crippen LogP contribution in [0.25, 0.3) is 0 Å².